The van der Waals surface area contributed by atoms with Crippen LogP contribution in [-0.2, 0) is 14.8 Å². The standard InChI is InChI=1S/C20H25N3O5S/c1-4-28-18-8-6-5-7-17(18)20(25)21-13-19(24)22-15-9-11-16(12-10-15)29(26,27)23-14(2)3/h5-12,14,23H,4,13H2,1-3H3,(H,21,25)(H,22,24). The molecule has 0 saturated carbocycles. The summed E-state index contributed by atoms with van der Waals surface area (Å²) in [5, 5.41) is 5.15. The smallest absolute Gasteiger partial charge is 0.255 e. The Balaban J connectivity index is 1.94. The molecule has 9 heteroatoms. The summed E-state index contributed by atoms with van der Waals surface area (Å²) in [5.74, 6) is -0.423. The number of hydrogen-bond acceptors (Lipinski definition) is 5. The number of amides is 2. The van der Waals surface area contributed by atoms with Crippen molar-refractivity contribution in [2.75, 3.05) is 18.5 Å². The Morgan fingerprint density at radius 2 is 1.69 bits per heavy atom. The summed E-state index contributed by atoms with van der Waals surface area (Å²) in [6.07, 6.45) is 0. The molecule has 0 spiro atoms. The Hall–Kier alpha value is -2.91. The monoisotopic (exact) mass is 419 g/mol. The lowest BCUT2D eigenvalue weighted by Crippen LogP contribution is -2.33. The third-order valence-electron chi connectivity index (χ3n) is 3.68. The molecule has 2 aromatic rings. The zero-order valence-electron chi connectivity index (χ0n) is 16.6. The quantitative estimate of drug-likeness (QED) is 0.576. The van der Waals surface area contributed by atoms with Crippen molar-refractivity contribution in [1.82, 2.24) is 10.0 Å². The summed E-state index contributed by atoms with van der Waals surface area (Å²) in [5.41, 5.74) is 0.761. The molecule has 156 valence electrons. The number of hydrogen-bond donors (Lipinski definition) is 3. The molecule has 0 aliphatic carbocycles. The van der Waals surface area contributed by atoms with Crippen molar-refractivity contribution in [3.8, 4) is 5.75 Å². The van der Waals surface area contributed by atoms with Gasteiger partial charge in [0.05, 0.1) is 23.6 Å². The van der Waals surface area contributed by atoms with Gasteiger partial charge in [-0.2, -0.15) is 0 Å². The normalized spacial score (nSPS) is 11.2. The minimum atomic E-state index is -3.60. The third-order valence-corrected chi connectivity index (χ3v) is 5.35. The molecule has 0 radical (unpaired) electrons. The Kier molecular flexibility index (Phi) is 7.74. The van der Waals surface area contributed by atoms with Crippen LogP contribution in [0.1, 0.15) is 31.1 Å². The van der Waals surface area contributed by atoms with Gasteiger partial charge in [0.2, 0.25) is 15.9 Å². The number of carbonyl (C=O) groups is 2. The van der Waals surface area contributed by atoms with E-state index >= 15 is 0 Å². The van der Waals surface area contributed by atoms with E-state index in [4.69, 9.17) is 4.74 Å². The van der Waals surface area contributed by atoms with Crippen molar-refractivity contribution in [3.63, 3.8) is 0 Å². The highest BCUT2D eigenvalue weighted by Gasteiger charge is 2.16. The van der Waals surface area contributed by atoms with Gasteiger partial charge in [-0.25, -0.2) is 13.1 Å². The van der Waals surface area contributed by atoms with Gasteiger partial charge in [-0.15, -0.1) is 0 Å². The van der Waals surface area contributed by atoms with Crippen molar-refractivity contribution < 1.29 is 22.7 Å². The van der Waals surface area contributed by atoms with E-state index in [1.54, 1.807) is 38.1 Å². The van der Waals surface area contributed by atoms with Gasteiger partial charge in [0, 0.05) is 11.7 Å². The molecule has 0 aromatic heterocycles. The van der Waals surface area contributed by atoms with Crippen LogP contribution in [0, 0.1) is 0 Å². The molecular weight excluding hydrogens is 394 g/mol. The fourth-order valence-electron chi connectivity index (χ4n) is 2.49. The number of rotatable bonds is 9. The number of sulfonamides is 1. The van der Waals surface area contributed by atoms with E-state index < -0.39 is 21.8 Å². The third kappa shape index (κ3) is 6.58. The van der Waals surface area contributed by atoms with Crippen LogP contribution in [0.2, 0.25) is 0 Å². The lowest BCUT2D eigenvalue weighted by molar-refractivity contribution is -0.115. The maximum absolute atomic E-state index is 12.3. The molecular formula is C20H25N3O5S. The van der Waals surface area contributed by atoms with E-state index in [1.807, 2.05) is 6.92 Å². The van der Waals surface area contributed by atoms with Crippen LogP contribution >= 0.6 is 0 Å². The van der Waals surface area contributed by atoms with Gasteiger partial charge in [-0.3, -0.25) is 9.59 Å². The summed E-state index contributed by atoms with van der Waals surface area (Å²) in [6.45, 7) is 5.45. The highest BCUT2D eigenvalue weighted by molar-refractivity contribution is 7.89. The van der Waals surface area contributed by atoms with Crippen molar-refractivity contribution in [2.45, 2.75) is 31.7 Å². The van der Waals surface area contributed by atoms with Gasteiger partial charge in [-0.1, -0.05) is 12.1 Å². The number of nitrogens with one attached hydrogen (secondary N) is 3. The van der Waals surface area contributed by atoms with Crippen molar-refractivity contribution in [1.29, 1.82) is 0 Å². The first kappa shape index (κ1) is 22.4. The highest BCUT2D eigenvalue weighted by Crippen LogP contribution is 2.18. The lowest BCUT2D eigenvalue weighted by Gasteiger charge is -2.11. The van der Waals surface area contributed by atoms with Gasteiger partial charge < -0.3 is 15.4 Å². The maximum Gasteiger partial charge on any atom is 0.255 e. The molecule has 0 fully saturated rings. The summed E-state index contributed by atoms with van der Waals surface area (Å²) < 4.78 is 32.1. The summed E-state index contributed by atoms with van der Waals surface area (Å²) in [7, 11) is -3.60. The molecule has 0 unspecified atom stereocenters. The van der Waals surface area contributed by atoms with Crippen molar-refractivity contribution in [3.05, 3.63) is 54.1 Å². The number of carbonyl (C=O) groups excluding carboxylic acids is 2. The SMILES string of the molecule is CCOc1ccccc1C(=O)NCC(=O)Nc1ccc(S(=O)(=O)NC(C)C)cc1. The molecule has 0 aliphatic heterocycles. The predicted molar refractivity (Wildman–Crippen MR) is 110 cm³/mol. The highest BCUT2D eigenvalue weighted by atomic mass is 32.2. The zero-order valence-corrected chi connectivity index (χ0v) is 17.4. The Morgan fingerprint density at radius 3 is 2.31 bits per heavy atom. The van der Waals surface area contributed by atoms with Gasteiger partial charge in [0.25, 0.3) is 5.91 Å². The van der Waals surface area contributed by atoms with Crippen molar-refractivity contribution in [2.24, 2.45) is 0 Å². The van der Waals surface area contributed by atoms with Crippen LogP contribution in [0.25, 0.3) is 0 Å². The predicted octanol–water partition coefficient (Wildman–Crippen LogP) is 2.14. The average Bonchev–Trinajstić information content (AvgIpc) is 2.66. The first-order valence-corrected chi connectivity index (χ1v) is 10.6. The average molecular weight is 420 g/mol. The lowest BCUT2D eigenvalue weighted by atomic mass is 10.2. The minimum Gasteiger partial charge on any atom is -0.493 e. The van der Waals surface area contributed by atoms with E-state index in [-0.39, 0.29) is 17.5 Å². The van der Waals surface area contributed by atoms with Crippen LogP contribution < -0.4 is 20.1 Å². The van der Waals surface area contributed by atoms with Crippen LogP contribution in [0.4, 0.5) is 5.69 Å². The topological polar surface area (TPSA) is 114 Å². The van der Waals surface area contributed by atoms with Gasteiger partial charge in [0.15, 0.2) is 0 Å². The second-order valence-corrected chi connectivity index (χ2v) is 8.17. The summed E-state index contributed by atoms with van der Waals surface area (Å²) in [6, 6.07) is 12.3. The van der Waals surface area contributed by atoms with Crippen LogP contribution in [0.15, 0.2) is 53.4 Å². The number of para-hydroxylation sites is 1. The van der Waals surface area contributed by atoms with E-state index in [1.165, 1.54) is 24.3 Å². The first-order chi connectivity index (χ1) is 13.7. The second-order valence-electron chi connectivity index (χ2n) is 6.46. The molecule has 2 aromatic carbocycles. The number of benzene rings is 2. The molecule has 29 heavy (non-hydrogen) atoms. The van der Waals surface area contributed by atoms with Gasteiger partial charge in [0.1, 0.15) is 5.75 Å². The van der Waals surface area contributed by atoms with Crippen LogP contribution in [-0.4, -0.2) is 39.4 Å². The molecule has 8 nitrogen and oxygen atoms in total. The molecule has 2 rings (SSSR count). The summed E-state index contributed by atoms with van der Waals surface area (Å²) >= 11 is 0. The van der Waals surface area contributed by atoms with E-state index in [9.17, 15) is 18.0 Å². The molecule has 3 N–H and O–H groups in total. The van der Waals surface area contributed by atoms with E-state index in [0.717, 1.165) is 0 Å². The van der Waals surface area contributed by atoms with Crippen LogP contribution in [0.5, 0.6) is 5.75 Å². The zero-order chi connectivity index (χ0) is 21.4. The Labute approximate surface area is 170 Å². The second kappa shape index (κ2) is 10.0. The minimum absolute atomic E-state index is 0.102. The van der Waals surface area contributed by atoms with Gasteiger partial charge >= 0.3 is 0 Å². The van der Waals surface area contributed by atoms with E-state index in [2.05, 4.69) is 15.4 Å². The van der Waals surface area contributed by atoms with Crippen molar-refractivity contribution >= 4 is 27.5 Å². The molecule has 2 amide bonds. The fraction of sp³-hybridized carbons (Fsp3) is 0.300. The molecule has 0 bridgehead atoms. The molecule has 0 aliphatic rings. The largest absolute Gasteiger partial charge is 0.493 e. The Morgan fingerprint density at radius 1 is 1.03 bits per heavy atom. The molecule has 0 saturated heterocycles. The molecule has 0 atom stereocenters. The number of ether oxygens (including phenoxy) is 1. The fourth-order valence-corrected chi connectivity index (χ4v) is 3.74. The Bertz CT molecular complexity index is 956. The molecule has 0 heterocycles. The summed E-state index contributed by atoms with van der Waals surface area (Å²) in [4.78, 5) is 24.5. The van der Waals surface area contributed by atoms with Gasteiger partial charge in [-0.05, 0) is 57.2 Å². The maximum atomic E-state index is 12.3. The van der Waals surface area contributed by atoms with E-state index in [0.29, 0.717) is 23.6 Å². The van der Waals surface area contributed by atoms with Crippen LogP contribution in [0.3, 0.4) is 0 Å². The number of anilines is 1. The first-order valence-electron chi connectivity index (χ1n) is 9.15.